The molecular formula is C18H23N3S. The average Bonchev–Trinajstić information content (AvgIpc) is 3.09. The van der Waals surface area contributed by atoms with Gasteiger partial charge in [-0.15, -0.1) is 11.3 Å². The van der Waals surface area contributed by atoms with Gasteiger partial charge in [0.1, 0.15) is 5.01 Å². The molecule has 22 heavy (non-hydrogen) atoms. The topological polar surface area (TPSA) is 19.4 Å². The van der Waals surface area contributed by atoms with Gasteiger partial charge in [-0.2, -0.15) is 0 Å². The predicted molar refractivity (Wildman–Crippen MR) is 92.8 cm³/mol. The molecule has 0 atom stereocenters. The van der Waals surface area contributed by atoms with Crippen molar-refractivity contribution in [2.45, 2.75) is 32.7 Å². The van der Waals surface area contributed by atoms with E-state index < -0.39 is 0 Å². The number of nitrogens with zero attached hydrogens (tertiary/aromatic N) is 3. The first-order valence-corrected chi connectivity index (χ1v) is 9.11. The summed E-state index contributed by atoms with van der Waals surface area (Å²) in [5.74, 6) is 0. The number of fused-ring (bicyclic) bond motifs is 1. The van der Waals surface area contributed by atoms with Crippen LogP contribution >= 0.6 is 11.3 Å². The van der Waals surface area contributed by atoms with Crippen LogP contribution in [0.4, 0.5) is 5.69 Å². The smallest absolute Gasteiger partial charge is 0.107 e. The molecule has 4 rings (SSSR count). The van der Waals surface area contributed by atoms with E-state index in [1.807, 2.05) is 11.3 Å². The predicted octanol–water partition coefficient (Wildman–Crippen LogP) is 3.26. The van der Waals surface area contributed by atoms with Gasteiger partial charge >= 0.3 is 0 Å². The third kappa shape index (κ3) is 2.90. The molecule has 2 aliphatic rings. The summed E-state index contributed by atoms with van der Waals surface area (Å²) in [6.45, 7) is 7.72. The molecule has 0 spiro atoms. The van der Waals surface area contributed by atoms with E-state index in [2.05, 4.69) is 41.0 Å². The molecule has 3 nitrogen and oxygen atoms in total. The Kier molecular flexibility index (Phi) is 3.89. The molecule has 1 aliphatic heterocycles. The van der Waals surface area contributed by atoms with Crippen LogP contribution in [0.15, 0.2) is 24.3 Å². The molecule has 2 heterocycles. The normalized spacial score (nSPS) is 18.7. The van der Waals surface area contributed by atoms with Crippen LogP contribution in [0.3, 0.4) is 0 Å². The van der Waals surface area contributed by atoms with E-state index in [0.29, 0.717) is 0 Å². The molecule has 0 radical (unpaired) electrons. The fourth-order valence-corrected chi connectivity index (χ4v) is 4.69. The van der Waals surface area contributed by atoms with Crippen molar-refractivity contribution in [2.75, 3.05) is 31.1 Å². The first kappa shape index (κ1) is 14.2. The molecule has 116 valence electrons. The van der Waals surface area contributed by atoms with E-state index in [0.717, 1.165) is 32.7 Å². The summed E-state index contributed by atoms with van der Waals surface area (Å²) in [4.78, 5) is 11.4. The number of anilines is 1. The van der Waals surface area contributed by atoms with E-state index in [9.17, 15) is 0 Å². The van der Waals surface area contributed by atoms with Crippen molar-refractivity contribution in [3.8, 4) is 0 Å². The molecule has 0 saturated carbocycles. The van der Waals surface area contributed by atoms with Gasteiger partial charge in [0.05, 0.1) is 12.2 Å². The van der Waals surface area contributed by atoms with Crippen molar-refractivity contribution in [3.05, 3.63) is 45.4 Å². The van der Waals surface area contributed by atoms with Crippen LogP contribution in [0, 0.1) is 6.92 Å². The van der Waals surface area contributed by atoms with Gasteiger partial charge in [0.15, 0.2) is 0 Å². The van der Waals surface area contributed by atoms with Gasteiger partial charge in [0, 0.05) is 36.7 Å². The zero-order valence-corrected chi connectivity index (χ0v) is 14.0. The molecule has 2 aromatic rings. The van der Waals surface area contributed by atoms with Crippen LogP contribution in [0.1, 0.15) is 27.6 Å². The van der Waals surface area contributed by atoms with Crippen molar-refractivity contribution in [3.63, 3.8) is 0 Å². The molecule has 0 amide bonds. The second-order valence-corrected chi connectivity index (χ2v) is 7.60. The van der Waals surface area contributed by atoms with E-state index in [-0.39, 0.29) is 0 Å². The van der Waals surface area contributed by atoms with Crippen molar-refractivity contribution in [1.29, 1.82) is 0 Å². The van der Waals surface area contributed by atoms with Crippen LogP contribution in [0.25, 0.3) is 0 Å². The largest absolute Gasteiger partial charge is 0.369 e. The number of hydrogen-bond acceptors (Lipinski definition) is 4. The Hall–Kier alpha value is -1.39. The van der Waals surface area contributed by atoms with Crippen LogP contribution in [0.5, 0.6) is 0 Å². The van der Waals surface area contributed by atoms with Gasteiger partial charge in [0.2, 0.25) is 0 Å². The Bertz CT molecular complexity index is 635. The maximum Gasteiger partial charge on any atom is 0.107 e. The van der Waals surface area contributed by atoms with Crippen molar-refractivity contribution >= 4 is 17.0 Å². The quantitative estimate of drug-likeness (QED) is 0.867. The maximum absolute atomic E-state index is 4.84. The van der Waals surface area contributed by atoms with Crippen LogP contribution in [0.2, 0.25) is 0 Å². The molecule has 1 aromatic carbocycles. The summed E-state index contributed by atoms with van der Waals surface area (Å²) in [7, 11) is 0. The van der Waals surface area contributed by atoms with Gasteiger partial charge in [-0.05, 0) is 43.9 Å². The minimum absolute atomic E-state index is 1.04. The van der Waals surface area contributed by atoms with E-state index >= 15 is 0 Å². The van der Waals surface area contributed by atoms with Gasteiger partial charge < -0.3 is 4.90 Å². The number of aryl methyl sites for hydroxylation is 3. The fraction of sp³-hybridized carbons (Fsp3) is 0.500. The lowest BCUT2D eigenvalue weighted by Gasteiger charge is -2.35. The van der Waals surface area contributed by atoms with Crippen LogP contribution < -0.4 is 4.90 Å². The lowest BCUT2D eigenvalue weighted by atomic mass is 10.2. The van der Waals surface area contributed by atoms with Crippen LogP contribution in [-0.4, -0.2) is 36.1 Å². The number of thiazole rings is 1. The van der Waals surface area contributed by atoms with Crippen molar-refractivity contribution in [2.24, 2.45) is 0 Å². The number of aromatic nitrogens is 1. The highest BCUT2D eigenvalue weighted by Gasteiger charge is 2.21. The summed E-state index contributed by atoms with van der Waals surface area (Å²) in [6, 6.07) is 8.85. The third-order valence-electron chi connectivity index (χ3n) is 4.74. The molecule has 1 saturated heterocycles. The summed E-state index contributed by atoms with van der Waals surface area (Å²) in [6.07, 6.45) is 3.77. The lowest BCUT2D eigenvalue weighted by molar-refractivity contribution is 0.249. The van der Waals surface area contributed by atoms with Crippen LogP contribution in [-0.2, 0) is 19.4 Å². The minimum atomic E-state index is 1.04. The second kappa shape index (κ2) is 6.01. The van der Waals surface area contributed by atoms with Gasteiger partial charge in [-0.3, -0.25) is 4.90 Å². The third-order valence-corrected chi connectivity index (χ3v) is 5.88. The summed E-state index contributed by atoms with van der Waals surface area (Å²) >= 11 is 1.95. The molecule has 0 N–H and O–H groups in total. The Morgan fingerprint density at radius 1 is 1.14 bits per heavy atom. The Labute approximate surface area is 136 Å². The fourth-order valence-electron chi connectivity index (χ4n) is 3.49. The summed E-state index contributed by atoms with van der Waals surface area (Å²) in [5.41, 5.74) is 4.10. The molecule has 0 unspecified atom stereocenters. The first-order valence-electron chi connectivity index (χ1n) is 8.29. The Morgan fingerprint density at radius 2 is 2.00 bits per heavy atom. The standard InChI is InChI=1S/C18H23N3S/c1-14-4-2-5-15(12-14)21-10-8-20(9-11-21)13-18-19-16-6-3-7-17(16)22-18/h2,4-5,12H,3,6-11,13H2,1H3. The van der Waals surface area contributed by atoms with Gasteiger partial charge in [-0.1, -0.05) is 12.1 Å². The van der Waals surface area contributed by atoms with E-state index in [1.54, 1.807) is 4.88 Å². The molecule has 1 fully saturated rings. The highest BCUT2D eigenvalue weighted by Crippen LogP contribution is 2.28. The molecule has 4 heteroatoms. The molecule has 1 aliphatic carbocycles. The van der Waals surface area contributed by atoms with Gasteiger partial charge in [0.25, 0.3) is 0 Å². The van der Waals surface area contributed by atoms with Crippen molar-refractivity contribution in [1.82, 2.24) is 9.88 Å². The average molecular weight is 313 g/mol. The number of piperazine rings is 1. The number of rotatable bonds is 3. The molecular weight excluding hydrogens is 290 g/mol. The monoisotopic (exact) mass is 313 g/mol. The van der Waals surface area contributed by atoms with E-state index in [1.165, 1.54) is 41.2 Å². The SMILES string of the molecule is Cc1cccc(N2CCN(Cc3nc4c(s3)CCC4)CC2)c1. The number of benzene rings is 1. The highest BCUT2D eigenvalue weighted by molar-refractivity contribution is 7.11. The highest BCUT2D eigenvalue weighted by atomic mass is 32.1. The van der Waals surface area contributed by atoms with E-state index in [4.69, 9.17) is 4.98 Å². The Morgan fingerprint density at radius 3 is 2.77 bits per heavy atom. The Balaban J connectivity index is 1.35. The molecule has 1 aromatic heterocycles. The lowest BCUT2D eigenvalue weighted by Crippen LogP contribution is -2.45. The summed E-state index contributed by atoms with van der Waals surface area (Å²) < 4.78 is 0. The zero-order valence-electron chi connectivity index (χ0n) is 13.2. The molecule has 0 bridgehead atoms. The second-order valence-electron chi connectivity index (χ2n) is 6.43. The summed E-state index contributed by atoms with van der Waals surface area (Å²) in [5, 5.41) is 1.33. The first-order chi connectivity index (χ1) is 10.8. The zero-order chi connectivity index (χ0) is 14.9. The van der Waals surface area contributed by atoms with Crippen molar-refractivity contribution < 1.29 is 0 Å². The minimum Gasteiger partial charge on any atom is -0.369 e. The maximum atomic E-state index is 4.84. The number of hydrogen-bond donors (Lipinski definition) is 0. The van der Waals surface area contributed by atoms with Gasteiger partial charge in [-0.25, -0.2) is 4.98 Å².